The van der Waals surface area contributed by atoms with Crippen LogP contribution in [0.4, 0.5) is 11.5 Å². The van der Waals surface area contributed by atoms with Crippen molar-refractivity contribution in [3.63, 3.8) is 0 Å². The number of non-ortho nitro benzene ring substituents is 1. The van der Waals surface area contributed by atoms with E-state index in [1.54, 1.807) is 37.4 Å². The van der Waals surface area contributed by atoms with E-state index in [-0.39, 0.29) is 11.5 Å². The molecule has 110 valence electrons. The van der Waals surface area contributed by atoms with Gasteiger partial charge in [-0.25, -0.2) is 4.57 Å². The minimum Gasteiger partial charge on any atom is -0.358 e. The average molecular weight is 297 g/mol. The van der Waals surface area contributed by atoms with Gasteiger partial charge in [-0.05, 0) is 22.6 Å². The zero-order valence-electron chi connectivity index (χ0n) is 11.6. The Morgan fingerprint density at radius 1 is 0.955 bits per heavy atom. The fourth-order valence-electron chi connectivity index (χ4n) is 2.65. The molecule has 1 heterocycles. The molecule has 0 fully saturated rings. The largest absolute Gasteiger partial charge is 0.358 e. The Morgan fingerprint density at radius 2 is 1.68 bits per heavy atom. The van der Waals surface area contributed by atoms with E-state index in [2.05, 4.69) is 0 Å². The van der Waals surface area contributed by atoms with Crippen molar-refractivity contribution in [2.75, 3.05) is 0 Å². The van der Waals surface area contributed by atoms with Gasteiger partial charge in [-0.15, -0.1) is 0 Å². The number of rotatable bonds is 3. The molecule has 22 heavy (non-hydrogen) atoms. The standard InChI is InChI=1S/C15H11N3O4/c1-16-13-8-3-2-7-12(13)14(15(16)18(21)22)10-5-4-6-11(9-10)17(19)20/h2-9H,1H3. The van der Waals surface area contributed by atoms with Gasteiger partial charge in [0, 0.05) is 17.5 Å². The lowest BCUT2D eigenvalue weighted by Crippen LogP contribution is -1.98. The highest BCUT2D eigenvalue weighted by atomic mass is 16.6. The molecule has 0 aliphatic heterocycles. The first kappa shape index (κ1) is 13.7. The summed E-state index contributed by atoms with van der Waals surface area (Å²) < 4.78 is 1.49. The van der Waals surface area contributed by atoms with Crippen molar-refractivity contribution in [3.8, 4) is 11.1 Å². The van der Waals surface area contributed by atoms with Crippen LogP contribution in [0.2, 0.25) is 0 Å². The fourth-order valence-corrected chi connectivity index (χ4v) is 2.65. The second-order valence-corrected chi connectivity index (χ2v) is 4.84. The molecule has 0 saturated carbocycles. The van der Waals surface area contributed by atoms with E-state index < -0.39 is 9.85 Å². The first-order chi connectivity index (χ1) is 10.5. The number of nitrogens with zero attached hydrogens (tertiary/aromatic N) is 3. The van der Waals surface area contributed by atoms with Crippen LogP contribution in [-0.2, 0) is 7.05 Å². The van der Waals surface area contributed by atoms with Crippen LogP contribution in [0.25, 0.3) is 22.0 Å². The summed E-state index contributed by atoms with van der Waals surface area (Å²) in [7, 11) is 1.61. The van der Waals surface area contributed by atoms with Crippen molar-refractivity contribution in [1.29, 1.82) is 0 Å². The lowest BCUT2D eigenvalue weighted by molar-refractivity contribution is -0.390. The molecule has 0 unspecified atom stereocenters. The summed E-state index contributed by atoms with van der Waals surface area (Å²) in [5.41, 5.74) is 1.46. The molecule has 3 rings (SSSR count). The molecular formula is C15H11N3O4. The van der Waals surface area contributed by atoms with Gasteiger partial charge in [-0.1, -0.05) is 24.3 Å². The lowest BCUT2D eigenvalue weighted by atomic mass is 10.0. The summed E-state index contributed by atoms with van der Waals surface area (Å²) >= 11 is 0. The van der Waals surface area contributed by atoms with Crippen LogP contribution in [-0.4, -0.2) is 14.4 Å². The van der Waals surface area contributed by atoms with Crippen molar-refractivity contribution >= 4 is 22.4 Å². The monoisotopic (exact) mass is 297 g/mol. The van der Waals surface area contributed by atoms with Crippen LogP contribution >= 0.6 is 0 Å². The van der Waals surface area contributed by atoms with Crippen molar-refractivity contribution in [3.05, 3.63) is 68.8 Å². The highest BCUT2D eigenvalue weighted by Gasteiger charge is 2.26. The molecule has 0 N–H and O–H groups in total. The van der Waals surface area contributed by atoms with Gasteiger partial charge in [0.15, 0.2) is 0 Å². The zero-order chi connectivity index (χ0) is 15.9. The van der Waals surface area contributed by atoms with Gasteiger partial charge >= 0.3 is 5.82 Å². The Balaban J connectivity index is 2.39. The molecule has 3 aromatic rings. The van der Waals surface area contributed by atoms with E-state index in [9.17, 15) is 20.2 Å². The molecule has 0 amide bonds. The SMILES string of the molecule is Cn1c([N+](=O)[O-])c(-c2cccc([N+](=O)[O-])c2)c2ccccc21. The fraction of sp³-hybridized carbons (Fsp3) is 0.0667. The second kappa shape index (κ2) is 4.96. The van der Waals surface area contributed by atoms with Gasteiger partial charge in [0.05, 0.1) is 17.5 Å². The Hall–Kier alpha value is -3.22. The van der Waals surface area contributed by atoms with Gasteiger partial charge in [-0.3, -0.25) is 10.1 Å². The van der Waals surface area contributed by atoms with Crippen molar-refractivity contribution in [2.24, 2.45) is 7.05 Å². The van der Waals surface area contributed by atoms with Gasteiger partial charge in [0.1, 0.15) is 5.52 Å². The summed E-state index contributed by atoms with van der Waals surface area (Å²) in [6.07, 6.45) is 0. The molecular weight excluding hydrogens is 286 g/mol. The van der Waals surface area contributed by atoms with Crippen molar-refractivity contribution in [1.82, 2.24) is 4.57 Å². The van der Waals surface area contributed by atoms with E-state index in [0.717, 1.165) is 0 Å². The van der Waals surface area contributed by atoms with Crippen LogP contribution in [0.3, 0.4) is 0 Å². The quantitative estimate of drug-likeness (QED) is 0.544. The number of aryl methyl sites for hydroxylation is 1. The summed E-state index contributed by atoms with van der Waals surface area (Å²) in [5.74, 6) is -0.0818. The van der Waals surface area contributed by atoms with Crippen molar-refractivity contribution < 1.29 is 9.85 Å². The highest BCUT2D eigenvalue weighted by molar-refractivity contribution is 6.01. The predicted octanol–water partition coefficient (Wildman–Crippen LogP) is 3.66. The maximum absolute atomic E-state index is 11.5. The van der Waals surface area contributed by atoms with E-state index in [4.69, 9.17) is 0 Å². The number of para-hydroxylation sites is 1. The number of nitro benzene ring substituents is 1. The number of fused-ring (bicyclic) bond motifs is 1. The zero-order valence-corrected chi connectivity index (χ0v) is 11.6. The summed E-state index contributed by atoms with van der Waals surface area (Å²) in [6.45, 7) is 0. The Morgan fingerprint density at radius 3 is 2.36 bits per heavy atom. The van der Waals surface area contributed by atoms with Gasteiger partial charge in [0.2, 0.25) is 0 Å². The smallest absolute Gasteiger partial charge is 0.331 e. The van der Waals surface area contributed by atoms with E-state index in [1.165, 1.54) is 22.8 Å². The topological polar surface area (TPSA) is 91.2 Å². The first-order valence-corrected chi connectivity index (χ1v) is 6.47. The number of nitro groups is 2. The van der Waals surface area contributed by atoms with Crippen molar-refractivity contribution in [2.45, 2.75) is 0 Å². The molecule has 0 atom stereocenters. The third-order valence-corrected chi connectivity index (χ3v) is 3.59. The molecule has 0 spiro atoms. The Labute approximate surface area is 124 Å². The third kappa shape index (κ3) is 1.99. The molecule has 0 radical (unpaired) electrons. The third-order valence-electron chi connectivity index (χ3n) is 3.59. The molecule has 0 aliphatic rings. The van der Waals surface area contributed by atoms with Gasteiger partial charge < -0.3 is 10.1 Å². The molecule has 7 nitrogen and oxygen atoms in total. The van der Waals surface area contributed by atoms with Gasteiger partial charge in [0.25, 0.3) is 5.69 Å². The van der Waals surface area contributed by atoms with E-state index in [1.807, 2.05) is 0 Å². The summed E-state index contributed by atoms with van der Waals surface area (Å²) in [4.78, 5) is 21.4. The lowest BCUT2D eigenvalue weighted by Gasteiger charge is -2.02. The first-order valence-electron chi connectivity index (χ1n) is 6.47. The maximum atomic E-state index is 11.5. The van der Waals surface area contributed by atoms with Crippen LogP contribution in [0, 0.1) is 20.2 Å². The molecule has 2 aromatic carbocycles. The molecule has 0 saturated heterocycles. The van der Waals surface area contributed by atoms with Crippen LogP contribution in [0.1, 0.15) is 0 Å². The minimum atomic E-state index is -0.513. The number of hydrogen-bond donors (Lipinski definition) is 0. The molecule has 0 bridgehead atoms. The second-order valence-electron chi connectivity index (χ2n) is 4.84. The number of benzene rings is 2. The summed E-state index contributed by atoms with van der Waals surface area (Å²) in [6, 6.07) is 13.0. The number of hydrogen-bond acceptors (Lipinski definition) is 4. The van der Waals surface area contributed by atoms with E-state index >= 15 is 0 Å². The minimum absolute atomic E-state index is 0.0818. The molecule has 0 aliphatic carbocycles. The van der Waals surface area contributed by atoms with Crippen LogP contribution in [0.5, 0.6) is 0 Å². The predicted molar refractivity (Wildman–Crippen MR) is 81.7 cm³/mol. The normalized spacial score (nSPS) is 10.8. The molecule has 7 heteroatoms. The molecule has 1 aromatic heterocycles. The van der Waals surface area contributed by atoms with E-state index in [0.29, 0.717) is 22.0 Å². The average Bonchev–Trinajstić information content (AvgIpc) is 2.81. The van der Waals surface area contributed by atoms with Crippen LogP contribution in [0.15, 0.2) is 48.5 Å². The highest BCUT2D eigenvalue weighted by Crippen LogP contribution is 2.39. The Bertz CT molecular complexity index is 914. The maximum Gasteiger partial charge on any atom is 0.331 e. The summed E-state index contributed by atoms with van der Waals surface area (Å²) in [5, 5.41) is 23.1. The van der Waals surface area contributed by atoms with Crippen LogP contribution < -0.4 is 0 Å². The Kier molecular flexibility index (Phi) is 3.10. The number of aromatic nitrogens is 1. The van der Waals surface area contributed by atoms with Gasteiger partial charge in [-0.2, -0.15) is 0 Å².